The fourth-order valence-electron chi connectivity index (χ4n) is 5.04. The number of hydrogen-bond donors (Lipinski definition) is 0. The predicted octanol–water partition coefficient (Wildman–Crippen LogP) is 9.51. The fourth-order valence-corrected chi connectivity index (χ4v) is 5.04. The van der Waals surface area contributed by atoms with Crippen LogP contribution in [0, 0.1) is 25.7 Å². The van der Waals surface area contributed by atoms with E-state index in [0.717, 1.165) is 0 Å². The van der Waals surface area contributed by atoms with Crippen LogP contribution in [0.3, 0.4) is 0 Å². The van der Waals surface area contributed by atoms with Crippen molar-refractivity contribution >= 4 is 51.2 Å². The van der Waals surface area contributed by atoms with Gasteiger partial charge >= 0.3 is 39.3 Å². The van der Waals surface area contributed by atoms with Gasteiger partial charge in [0.05, 0.1) is 22.8 Å². The molecule has 0 aromatic heterocycles. The third kappa shape index (κ3) is 5.65. The summed E-state index contributed by atoms with van der Waals surface area (Å²) in [6.45, 7) is 13.4. The van der Waals surface area contributed by atoms with Crippen LogP contribution in [0.4, 0.5) is 11.4 Å². The number of benzene rings is 2. The summed E-state index contributed by atoms with van der Waals surface area (Å²) < 4.78 is 0. The summed E-state index contributed by atoms with van der Waals surface area (Å²) in [5.74, 6) is 2.09. The van der Waals surface area contributed by atoms with Gasteiger partial charge in [0.2, 0.25) is 0 Å². The average molecular weight is 605 g/mol. The van der Waals surface area contributed by atoms with E-state index in [1.54, 1.807) is 0 Å². The van der Waals surface area contributed by atoms with Gasteiger partial charge in [0.25, 0.3) is 0 Å². The van der Waals surface area contributed by atoms with Crippen molar-refractivity contribution in [1.82, 2.24) is 0 Å². The van der Waals surface area contributed by atoms with Crippen LogP contribution in [0.5, 0.6) is 0 Å². The van der Waals surface area contributed by atoms with Crippen molar-refractivity contribution in [3.63, 3.8) is 0 Å². The first-order valence-corrected chi connectivity index (χ1v) is 16.4. The van der Waals surface area contributed by atoms with Gasteiger partial charge in [-0.25, -0.2) is 0 Å². The maximum absolute atomic E-state index is 5.33. The van der Waals surface area contributed by atoms with Gasteiger partial charge in [0.1, 0.15) is 0 Å². The van der Waals surface area contributed by atoms with Crippen molar-refractivity contribution in [2.45, 2.75) is 72.6 Å². The summed E-state index contributed by atoms with van der Waals surface area (Å²) in [5.41, 5.74) is 10.1. The van der Waals surface area contributed by atoms with Gasteiger partial charge in [-0.15, -0.1) is 0 Å². The molecule has 0 spiro atoms. The molecular formula is C27H34Br2N2Ni. The van der Waals surface area contributed by atoms with Crippen molar-refractivity contribution in [1.29, 1.82) is 0 Å². The van der Waals surface area contributed by atoms with Crippen LogP contribution in [0.25, 0.3) is 0 Å². The third-order valence-corrected chi connectivity index (χ3v) is 6.71. The summed E-state index contributed by atoms with van der Waals surface area (Å²) in [5, 5.41) is 0. The molecule has 2 nitrogen and oxygen atoms in total. The topological polar surface area (TPSA) is 24.7 Å². The Morgan fingerprint density at radius 2 is 1.12 bits per heavy atom. The summed E-state index contributed by atoms with van der Waals surface area (Å²) in [6.07, 6.45) is 3.75. The molecule has 0 saturated heterocycles. The number of fused-ring (bicyclic) bond motifs is 2. The van der Waals surface area contributed by atoms with Crippen LogP contribution in [0.2, 0.25) is 0 Å². The zero-order chi connectivity index (χ0) is 23.4. The van der Waals surface area contributed by atoms with Crippen LogP contribution in [0.1, 0.15) is 81.0 Å². The molecule has 0 aliphatic heterocycles. The van der Waals surface area contributed by atoms with E-state index in [2.05, 4.69) is 106 Å². The van der Waals surface area contributed by atoms with Crippen molar-refractivity contribution < 1.29 is 10.9 Å². The Morgan fingerprint density at radius 1 is 0.750 bits per heavy atom. The van der Waals surface area contributed by atoms with E-state index in [1.807, 2.05) is 0 Å². The number of para-hydroxylation sites is 2. The van der Waals surface area contributed by atoms with Crippen molar-refractivity contribution in [2.75, 3.05) is 0 Å². The van der Waals surface area contributed by atoms with E-state index in [-0.39, 0.29) is 0 Å². The SMILES string of the molecule is Cc1cccc(C(C)C)c1N=C1C(=Nc2c(C)cccc2C(C)C)C2CCC1C2.[Br][Ni][Br]. The van der Waals surface area contributed by atoms with Gasteiger partial charge < -0.3 is 0 Å². The molecule has 0 heterocycles. The molecule has 5 heteroatoms. The molecule has 2 aliphatic rings. The first-order chi connectivity index (χ1) is 15.3. The predicted molar refractivity (Wildman–Crippen MR) is 143 cm³/mol. The quantitative estimate of drug-likeness (QED) is 0.311. The first kappa shape index (κ1) is 25.8. The van der Waals surface area contributed by atoms with Crippen molar-refractivity contribution in [3.8, 4) is 0 Å². The second-order valence-electron chi connectivity index (χ2n) is 9.58. The van der Waals surface area contributed by atoms with Crippen LogP contribution >= 0.6 is 28.5 Å². The molecule has 2 aromatic rings. The van der Waals surface area contributed by atoms with Gasteiger partial charge in [0, 0.05) is 11.8 Å². The minimum atomic E-state index is 0.470. The van der Waals surface area contributed by atoms with Crippen LogP contribution in [-0.4, -0.2) is 11.4 Å². The average Bonchev–Trinajstić information content (AvgIpc) is 3.33. The Morgan fingerprint density at radius 3 is 1.47 bits per heavy atom. The van der Waals surface area contributed by atoms with Crippen molar-refractivity contribution in [3.05, 3.63) is 58.7 Å². The van der Waals surface area contributed by atoms with Crippen molar-refractivity contribution in [2.24, 2.45) is 21.8 Å². The zero-order valence-corrected chi connectivity index (χ0v) is 24.0. The van der Waals surface area contributed by atoms with Gasteiger partial charge in [-0.1, -0.05) is 64.1 Å². The molecule has 2 aromatic carbocycles. The normalized spacial score (nSPS) is 22.3. The summed E-state index contributed by atoms with van der Waals surface area (Å²) >= 11 is 6.00. The molecule has 0 N–H and O–H groups in total. The van der Waals surface area contributed by atoms with E-state index >= 15 is 0 Å². The van der Waals surface area contributed by atoms with Gasteiger partial charge in [0.15, 0.2) is 0 Å². The van der Waals surface area contributed by atoms with E-state index in [0.29, 0.717) is 23.7 Å². The van der Waals surface area contributed by atoms with Gasteiger partial charge in [-0.3, -0.25) is 9.98 Å². The number of aryl methyl sites for hydroxylation is 2. The number of hydrogen-bond acceptors (Lipinski definition) is 2. The van der Waals surface area contributed by atoms with Crippen LogP contribution in [-0.2, 0) is 10.9 Å². The number of aliphatic imine (C=N–C) groups is 2. The van der Waals surface area contributed by atoms with E-state index in [4.69, 9.17) is 9.98 Å². The molecule has 4 rings (SSSR count). The number of rotatable bonds is 4. The third-order valence-electron chi connectivity index (χ3n) is 6.71. The molecule has 2 bridgehead atoms. The van der Waals surface area contributed by atoms with Gasteiger partial charge in [-0.2, -0.15) is 0 Å². The standard InChI is InChI=1S/C27H34N2.2BrH.Ni/c1-16(2)22-11-7-9-18(5)24(22)28-26-20-13-14-21(15-20)27(26)29-25-19(6)10-8-12-23(25)17(3)4;;;/h7-12,16-17,20-21H,13-15H2,1-6H3;2*1H;/q;;;+2/p-2. The molecule has 2 aliphatic carbocycles. The molecule has 0 radical (unpaired) electrons. The summed E-state index contributed by atoms with van der Waals surface area (Å²) in [4.78, 5) is 10.7. The molecule has 2 atom stereocenters. The molecule has 0 amide bonds. The Bertz CT molecular complexity index is 931. The Labute approximate surface area is 214 Å². The van der Waals surface area contributed by atoms with E-state index in [1.165, 1.54) is 75.2 Å². The summed E-state index contributed by atoms with van der Waals surface area (Å²) in [6, 6.07) is 13.2. The molecule has 32 heavy (non-hydrogen) atoms. The maximum atomic E-state index is 5.33. The molecular weight excluding hydrogens is 571 g/mol. The monoisotopic (exact) mass is 602 g/mol. The zero-order valence-electron chi connectivity index (χ0n) is 19.9. The fraction of sp³-hybridized carbons (Fsp3) is 0.481. The first-order valence-electron chi connectivity index (χ1n) is 11.5. The number of nitrogens with zero attached hydrogens (tertiary/aromatic N) is 2. The van der Waals surface area contributed by atoms with E-state index < -0.39 is 0 Å². The number of halogens is 2. The molecule has 176 valence electrons. The Kier molecular flexibility index (Phi) is 9.36. The Balaban J connectivity index is 0.000000913. The van der Waals surface area contributed by atoms with Gasteiger partial charge in [-0.05, 0) is 67.2 Å². The van der Waals surface area contributed by atoms with Crippen LogP contribution in [0.15, 0.2) is 46.4 Å². The Hall–Kier alpha value is -0.766. The summed E-state index contributed by atoms with van der Waals surface area (Å²) in [7, 11) is 1.25. The van der Waals surface area contributed by atoms with E-state index in [9.17, 15) is 0 Å². The molecule has 2 fully saturated rings. The second-order valence-corrected chi connectivity index (χ2v) is 14.6. The second kappa shape index (κ2) is 11.6. The molecule has 2 saturated carbocycles. The minimum absolute atomic E-state index is 0.470. The molecule has 2 unspecified atom stereocenters. The van der Waals surface area contributed by atoms with Crippen LogP contribution < -0.4 is 0 Å².